The number of carbonyl (C=O) groups is 1. The third kappa shape index (κ3) is 4.93. The molecule has 1 rings (SSSR count). The van der Waals surface area contributed by atoms with Crippen LogP contribution in [0.5, 0.6) is 0 Å². The standard InChI is InChI=1S/C12H18N2O3/c1-14(8-12(15)17-3)7-11-6-10(9-16-2)4-5-13-11/h4-6H,7-9H2,1-3H3. The maximum absolute atomic E-state index is 11.1. The Morgan fingerprint density at radius 3 is 2.88 bits per heavy atom. The van der Waals surface area contributed by atoms with Crippen LogP contribution in [-0.4, -0.2) is 43.7 Å². The molecule has 0 atom stereocenters. The lowest BCUT2D eigenvalue weighted by Gasteiger charge is -2.14. The van der Waals surface area contributed by atoms with Crippen molar-refractivity contribution < 1.29 is 14.3 Å². The number of hydrogen-bond donors (Lipinski definition) is 0. The summed E-state index contributed by atoms with van der Waals surface area (Å²) in [6.07, 6.45) is 1.75. The van der Waals surface area contributed by atoms with E-state index in [1.165, 1.54) is 7.11 Å². The van der Waals surface area contributed by atoms with Crippen molar-refractivity contribution in [3.8, 4) is 0 Å². The molecule has 0 aliphatic heterocycles. The first kappa shape index (κ1) is 13.6. The molecule has 0 radical (unpaired) electrons. The number of rotatable bonds is 6. The first-order chi connectivity index (χ1) is 8.15. The molecule has 5 nitrogen and oxygen atoms in total. The molecule has 0 aliphatic carbocycles. The molecule has 0 bridgehead atoms. The summed E-state index contributed by atoms with van der Waals surface area (Å²) >= 11 is 0. The summed E-state index contributed by atoms with van der Waals surface area (Å²) in [7, 11) is 4.89. The predicted molar refractivity (Wildman–Crippen MR) is 63.3 cm³/mol. The van der Waals surface area contributed by atoms with Crippen molar-refractivity contribution in [1.82, 2.24) is 9.88 Å². The van der Waals surface area contributed by atoms with Crippen LogP contribution in [0.4, 0.5) is 0 Å². The van der Waals surface area contributed by atoms with Crippen LogP contribution in [0.3, 0.4) is 0 Å². The average Bonchev–Trinajstić information content (AvgIpc) is 2.29. The monoisotopic (exact) mass is 238 g/mol. The van der Waals surface area contributed by atoms with E-state index < -0.39 is 0 Å². The minimum atomic E-state index is -0.249. The Balaban J connectivity index is 2.55. The fourth-order valence-electron chi connectivity index (χ4n) is 1.49. The Labute approximate surface area is 101 Å². The van der Waals surface area contributed by atoms with Gasteiger partial charge in [0.25, 0.3) is 0 Å². The van der Waals surface area contributed by atoms with Gasteiger partial charge in [0.05, 0.1) is 26.0 Å². The number of nitrogens with zero attached hydrogens (tertiary/aromatic N) is 2. The predicted octanol–water partition coefficient (Wildman–Crippen LogP) is 0.833. The van der Waals surface area contributed by atoms with Crippen LogP contribution in [0.25, 0.3) is 0 Å². The maximum atomic E-state index is 11.1. The van der Waals surface area contributed by atoms with Crippen LogP contribution in [0, 0.1) is 0 Å². The fraction of sp³-hybridized carbons (Fsp3) is 0.500. The van der Waals surface area contributed by atoms with E-state index in [2.05, 4.69) is 9.72 Å². The number of methoxy groups -OCH3 is 2. The summed E-state index contributed by atoms with van der Waals surface area (Å²) in [4.78, 5) is 17.2. The van der Waals surface area contributed by atoms with E-state index in [-0.39, 0.29) is 12.5 Å². The van der Waals surface area contributed by atoms with Gasteiger partial charge >= 0.3 is 5.97 Å². The van der Waals surface area contributed by atoms with E-state index in [0.717, 1.165) is 11.3 Å². The van der Waals surface area contributed by atoms with E-state index in [0.29, 0.717) is 13.2 Å². The maximum Gasteiger partial charge on any atom is 0.319 e. The molecule has 0 fully saturated rings. The molecule has 0 aromatic carbocycles. The molecule has 94 valence electrons. The molecule has 1 aromatic heterocycles. The van der Waals surface area contributed by atoms with Gasteiger partial charge in [-0.3, -0.25) is 14.7 Å². The molecule has 0 saturated heterocycles. The van der Waals surface area contributed by atoms with Crippen molar-refractivity contribution in [2.75, 3.05) is 27.8 Å². The van der Waals surface area contributed by atoms with E-state index >= 15 is 0 Å². The normalized spacial score (nSPS) is 10.6. The number of aromatic nitrogens is 1. The van der Waals surface area contributed by atoms with Crippen LogP contribution in [-0.2, 0) is 27.4 Å². The van der Waals surface area contributed by atoms with Gasteiger partial charge in [-0.15, -0.1) is 0 Å². The second-order valence-electron chi connectivity index (χ2n) is 3.84. The molecule has 1 heterocycles. The highest BCUT2D eigenvalue weighted by Gasteiger charge is 2.07. The molecule has 1 aromatic rings. The summed E-state index contributed by atoms with van der Waals surface area (Å²) < 4.78 is 9.65. The summed E-state index contributed by atoms with van der Waals surface area (Å²) in [5.41, 5.74) is 1.98. The Morgan fingerprint density at radius 2 is 2.24 bits per heavy atom. The quantitative estimate of drug-likeness (QED) is 0.687. The Kier molecular flexibility index (Phi) is 5.59. The van der Waals surface area contributed by atoms with Crippen molar-refractivity contribution in [3.05, 3.63) is 29.6 Å². The topological polar surface area (TPSA) is 51.7 Å². The highest BCUT2D eigenvalue weighted by molar-refractivity contribution is 5.71. The first-order valence-corrected chi connectivity index (χ1v) is 5.33. The summed E-state index contributed by atoms with van der Waals surface area (Å²) in [6, 6.07) is 3.88. The SMILES string of the molecule is COCc1ccnc(CN(C)CC(=O)OC)c1. The highest BCUT2D eigenvalue weighted by atomic mass is 16.5. The van der Waals surface area contributed by atoms with Gasteiger partial charge in [0.15, 0.2) is 0 Å². The zero-order valence-corrected chi connectivity index (χ0v) is 10.5. The highest BCUT2D eigenvalue weighted by Crippen LogP contribution is 2.05. The molecule has 5 heteroatoms. The molecular weight excluding hydrogens is 220 g/mol. The van der Waals surface area contributed by atoms with E-state index in [1.54, 1.807) is 13.3 Å². The molecule has 17 heavy (non-hydrogen) atoms. The number of likely N-dealkylation sites (N-methyl/N-ethyl adjacent to an activating group) is 1. The van der Waals surface area contributed by atoms with Gasteiger partial charge in [-0.05, 0) is 24.7 Å². The summed E-state index contributed by atoms with van der Waals surface area (Å²) in [6.45, 7) is 1.43. The summed E-state index contributed by atoms with van der Waals surface area (Å²) in [5, 5.41) is 0. The third-order valence-corrected chi connectivity index (χ3v) is 2.25. The number of carbonyl (C=O) groups excluding carboxylic acids is 1. The van der Waals surface area contributed by atoms with Gasteiger partial charge in [0.2, 0.25) is 0 Å². The number of hydrogen-bond acceptors (Lipinski definition) is 5. The van der Waals surface area contributed by atoms with Crippen molar-refractivity contribution in [3.63, 3.8) is 0 Å². The number of esters is 1. The molecule has 0 aliphatic rings. The lowest BCUT2D eigenvalue weighted by molar-refractivity contribution is -0.141. The average molecular weight is 238 g/mol. The van der Waals surface area contributed by atoms with Gasteiger partial charge in [0, 0.05) is 19.9 Å². The first-order valence-electron chi connectivity index (χ1n) is 5.33. The molecule has 0 saturated carbocycles. The van der Waals surface area contributed by atoms with Crippen molar-refractivity contribution >= 4 is 5.97 Å². The largest absolute Gasteiger partial charge is 0.468 e. The fourth-order valence-corrected chi connectivity index (χ4v) is 1.49. The van der Waals surface area contributed by atoms with Crippen molar-refractivity contribution in [2.24, 2.45) is 0 Å². The lowest BCUT2D eigenvalue weighted by atomic mass is 10.2. The van der Waals surface area contributed by atoms with E-state index in [4.69, 9.17) is 4.74 Å². The van der Waals surface area contributed by atoms with Crippen LogP contribution >= 0.6 is 0 Å². The number of ether oxygens (including phenoxy) is 2. The van der Waals surface area contributed by atoms with Gasteiger partial charge in [-0.2, -0.15) is 0 Å². The van der Waals surface area contributed by atoms with Crippen molar-refractivity contribution in [2.45, 2.75) is 13.2 Å². The molecule has 0 unspecified atom stereocenters. The Bertz CT molecular complexity index is 369. The van der Waals surface area contributed by atoms with E-state index in [9.17, 15) is 4.79 Å². The molecular formula is C12H18N2O3. The van der Waals surface area contributed by atoms with Gasteiger partial charge in [-0.1, -0.05) is 0 Å². The zero-order valence-electron chi connectivity index (χ0n) is 10.5. The summed E-state index contributed by atoms with van der Waals surface area (Å²) in [5.74, 6) is -0.249. The van der Waals surface area contributed by atoms with Crippen LogP contribution in [0.2, 0.25) is 0 Å². The minimum absolute atomic E-state index is 0.249. The minimum Gasteiger partial charge on any atom is -0.468 e. The van der Waals surface area contributed by atoms with Gasteiger partial charge in [0.1, 0.15) is 0 Å². The van der Waals surface area contributed by atoms with Crippen LogP contribution < -0.4 is 0 Å². The molecule has 0 amide bonds. The molecule has 0 spiro atoms. The third-order valence-electron chi connectivity index (χ3n) is 2.25. The second-order valence-corrected chi connectivity index (χ2v) is 3.84. The van der Waals surface area contributed by atoms with Crippen LogP contribution in [0.1, 0.15) is 11.3 Å². The number of pyridine rings is 1. The Morgan fingerprint density at radius 1 is 1.47 bits per heavy atom. The van der Waals surface area contributed by atoms with Gasteiger partial charge < -0.3 is 9.47 Å². The smallest absolute Gasteiger partial charge is 0.319 e. The van der Waals surface area contributed by atoms with Crippen LogP contribution in [0.15, 0.2) is 18.3 Å². The Hall–Kier alpha value is -1.46. The van der Waals surface area contributed by atoms with Crippen molar-refractivity contribution in [1.29, 1.82) is 0 Å². The lowest BCUT2D eigenvalue weighted by Crippen LogP contribution is -2.26. The molecule has 0 N–H and O–H groups in total. The zero-order chi connectivity index (χ0) is 12.7. The van der Waals surface area contributed by atoms with Gasteiger partial charge in [-0.25, -0.2) is 0 Å². The van der Waals surface area contributed by atoms with E-state index in [1.807, 2.05) is 24.1 Å². The second kappa shape index (κ2) is 6.98.